The predicted octanol–water partition coefficient (Wildman–Crippen LogP) is 4.73. The third-order valence-electron chi connectivity index (χ3n) is 3.54. The topological polar surface area (TPSA) is 61.1 Å². The monoisotopic (exact) mass is 307 g/mol. The molecule has 0 heterocycles. The maximum atomic E-state index is 11.2. The Morgan fingerprint density at radius 3 is 2.50 bits per heavy atom. The number of carboxylic acids is 1. The second kappa shape index (κ2) is 5.51. The van der Waals surface area contributed by atoms with E-state index >= 15 is 0 Å². The number of benzene rings is 3. The van der Waals surface area contributed by atoms with Crippen molar-refractivity contribution in [3.8, 4) is 17.2 Å². The van der Waals surface area contributed by atoms with Crippen molar-refractivity contribution < 1.29 is 9.90 Å². The summed E-state index contributed by atoms with van der Waals surface area (Å²) in [5, 5.41) is 20.6. The minimum Gasteiger partial charge on any atom is -0.478 e. The van der Waals surface area contributed by atoms with Gasteiger partial charge in [-0.3, -0.25) is 0 Å². The number of hydrogen-bond acceptors (Lipinski definition) is 2. The summed E-state index contributed by atoms with van der Waals surface area (Å²) in [6, 6.07) is 18.0. The summed E-state index contributed by atoms with van der Waals surface area (Å²) < 4.78 is 0. The zero-order valence-electron chi connectivity index (χ0n) is 11.4. The fourth-order valence-corrected chi connectivity index (χ4v) is 2.72. The van der Waals surface area contributed by atoms with E-state index in [1.54, 1.807) is 30.3 Å². The van der Waals surface area contributed by atoms with E-state index in [1.165, 1.54) is 0 Å². The van der Waals surface area contributed by atoms with Crippen molar-refractivity contribution in [2.75, 3.05) is 0 Å². The summed E-state index contributed by atoms with van der Waals surface area (Å²) in [7, 11) is 0. The summed E-state index contributed by atoms with van der Waals surface area (Å²) in [5.41, 5.74) is 2.08. The molecule has 0 aliphatic rings. The van der Waals surface area contributed by atoms with Gasteiger partial charge in [-0.1, -0.05) is 48.0 Å². The van der Waals surface area contributed by atoms with Crippen LogP contribution in [0.2, 0.25) is 5.02 Å². The molecule has 0 aliphatic heterocycles. The van der Waals surface area contributed by atoms with Crippen molar-refractivity contribution in [3.63, 3.8) is 0 Å². The average molecular weight is 308 g/mol. The minimum absolute atomic E-state index is 0.209. The van der Waals surface area contributed by atoms with Gasteiger partial charge in [-0.05, 0) is 34.5 Å². The first-order valence-corrected chi connectivity index (χ1v) is 6.94. The van der Waals surface area contributed by atoms with E-state index in [4.69, 9.17) is 11.6 Å². The standard InChI is InChI=1S/C18H10ClNO2/c19-17-6-2-5-14(16(17)10-20)13-4-1-3-11-7-8-12(18(21)22)9-15(11)13/h1-9H,(H,21,22). The molecule has 22 heavy (non-hydrogen) atoms. The molecule has 0 saturated heterocycles. The van der Waals surface area contributed by atoms with Gasteiger partial charge in [-0.25, -0.2) is 4.79 Å². The maximum Gasteiger partial charge on any atom is 0.335 e. The molecule has 0 saturated carbocycles. The van der Waals surface area contributed by atoms with Gasteiger partial charge in [-0.15, -0.1) is 0 Å². The molecule has 0 unspecified atom stereocenters. The summed E-state index contributed by atoms with van der Waals surface area (Å²) in [4.78, 5) is 11.2. The van der Waals surface area contributed by atoms with Gasteiger partial charge in [0.2, 0.25) is 0 Å². The Morgan fingerprint density at radius 1 is 1.05 bits per heavy atom. The second-order valence-corrected chi connectivity index (χ2v) is 5.23. The van der Waals surface area contributed by atoms with Gasteiger partial charge >= 0.3 is 5.97 Å². The summed E-state index contributed by atoms with van der Waals surface area (Å²) in [5.74, 6) is -0.983. The second-order valence-electron chi connectivity index (χ2n) is 4.82. The number of carbonyl (C=O) groups is 1. The summed E-state index contributed by atoms with van der Waals surface area (Å²) in [6.07, 6.45) is 0. The Kier molecular flexibility index (Phi) is 3.54. The van der Waals surface area contributed by atoms with Gasteiger partial charge in [0.15, 0.2) is 0 Å². The van der Waals surface area contributed by atoms with Crippen LogP contribution in [0.15, 0.2) is 54.6 Å². The lowest BCUT2D eigenvalue weighted by atomic mass is 9.94. The van der Waals surface area contributed by atoms with Crippen LogP contribution in [-0.4, -0.2) is 11.1 Å². The van der Waals surface area contributed by atoms with Crippen LogP contribution in [-0.2, 0) is 0 Å². The number of rotatable bonds is 2. The molecular formula is C18H10ClNO2. The Morgan fingerprint density at radius 2 is 1.77 bits per heavy atom. The van der Waals surface area contributed by atoms with Crippen LogP contribution in [0.1, 0.15) is 15.9 Å². The van der Waals surface area contributed by atoms with Gasteiger partial charge in [0.25, 0.3) is 0 Å². The number of halogens is 1. The highest BCUT2D eigenvalue weighted by molar-refractivity contribution is 6.32. The molecule has 0 radical (unpaired) electrons. The van der Waals surface area contributed by atoms with Crippen molar-refractivity contribution in [2.45, 2.75) is 0 Å². The Hall–Kier alpha value is -2.83. The SMILES string of the molecule is N#Cc1c(Cl)cccc1-c1cccc2ccc(C(=O)O)cc12. The van der Waals surface area contributed by atoms with Crippen LogP contribution in [0, 0.1) is 11.3 Å². The van der Waals surface area contributed by atoms with E-state index in [2.05, 4.69) is 6.07 Å². The fourth-order valence-electron chi connectivity index (χ4n) is 2.50. The molecule has 0 fully saturated rings. The van der Waals surface area contributed by atoms with E-state index in [0.29, 0.717) is 16.1 Å². The van der Waals surface area contributed by atoms with Crippen molar-refractivity contribution in [2.24, 2.45) is 0 Å². The largest absolute Gasteiger partial charge is 0.478 e. The number of fused-ring (bicyclic) bond motifs is 1. The predicted molar refractivity (Wildman–Crippen MR) is 86.1 cm³/mol. The third-order valence-corrected chi connectivity index (χ3v) is 3.86. The lowest BCUT2D eigenvalue weighted by Gasteiger charge is -2.10. The molecule has 3 aromatic rings. The lowest BCUT2D eigenvalue weighted by molar-refractivity contribution is 0.0697. The number of aromatic carboxylic acids is 1. The van der Waals surface area contributed by atoms with E-state index in [9.17, 15) is 15.2 Å². The molecule has 0 atom stereocenters. The first kappa shape index (κ1) is 14.1. The molecule has 0 amide bonds. The molecule has 1 N–H and O–H groups in total. The molecule has 0 bridgehead atoms. The van der Waals surface area contributed by atoms with Crippen LogP contribution in [0.3, 0.4) is 0 Å². The van der Waals surface area contributed by atoms with Gasteiger partial charge in [0.05, 0.1) is 16.1 Å². The highest BCUT2D eigenvalue weighted by atomic mass is 35.5. The quantitative estimate of drug-likeness (QED) is 0.744. The zero-order chi connectivity index (χ0) is 15.7. The molecule has 0 spiro atoms. The van der Waals surface area contributed by atoms with Gasteiger partial charge < -0.3 is 5.11 Å². The first-order valence-electron chi connectivity index (χ1n) is 6.57. The number of carboxylic acid groups (broad SMARTS) is 1. The smallest absolute Gasteiger partial charge is 0.335 e. The lowest BCUT2D eigenvalue weighted by Crippen LogP contribution is -1.96. The highest BCUT2D eigenvalue weighted by Gasteiger charge is 2.12. The normalized spacial score (nSPS) is 10.4. The number of nitrogens with zero attached hydrogens (tertiary/aromatic N) is 1. The molecule has 0 aliphatic carbocycles. The molecule has 3 rings (SSSR count). The molecule has 3 nitrogen and oxygen atoms in total. The number of nitriles is 1. The van der Waals surface area contributed by atoms with Crippen molar-refractivity contribution in [1.29, 1.82) is 5.26 Å². The van der Waals surface area contributed by atoms with Crippen LogP contribution < -0.4 is 0 Å². The first-order chi connectivity index (χ1) is 10.6. The van der Waals surface area contributed by atoms with Gasteiger partial charge in [0.1, 0.15) is 6.07 Å². The Labute approximate surface area is 132 Å². The molecular weight excluding hydrogens is 298 g/mol. The minimum atomic E-state index is -0.983. The highest BCUT2D eigenvalue weighted by Crippen LogP contribution is 2.34. The van der Waals surface area contributed by atoms with E-state index in [-0.39, 0.29) is 5.56 Å². The average Bonchev–Trinajstić information content (AvgIpc) is 2.53. The Bertz CT molecular complexity index is 941. The van der Waals surface area contributed by atoms with Crippen molar-refractivity contribution in [3.05, 3.63) is 70.7 Å². The van der Waals surface area contributed by atoms with Gasteiger partial charge in [0, 0.05) is 5.56 Å². The van der Waals surface area contributed by atoms with Gasteiger partial charge in [-0.2, -0.15) is 5.26 Å². The van der Waals surface area contributed by atoms with Crippen molar-refractivity contribution >= 4 is 28.3 Å². The van der Waals surface area contributed by atoms with E-state index < -0.39 is 5.97 Å². The molecule has 106 valence electrons. The number of hydrogen-bond donors (Lipinski definition) is 1. The van der Waals surface area contributed by atoms with Crippen molar-refractivity contribution in [1.82, 2.24) is 0 Å². The molecule has 0 aromatic heterocycles. The molecule has 4 heteroatoms. The van der Waals surface area contributed by atoms with E-state index in [1.807, 2.05) is 24.3 Å². The van der Waals surface area contributed by atoms with E-state index in [0.717, 1.165) is 16.3 Å². The van der Waals surface area contributed by atoms with Crippen LogP contribution >= 0.6 is 11.6 Å². The van der Waals surface area contributed by atoms with Crippen LogP contribution in [0.4, 0.5) is 0 Å². The molecule has 3 aromatic carbocycles. The third kappa shape index (κ3) is 2.30. The maximum absolute atomic E-state index is 11.2. The summed E-state index contributed by atoms with van der Waals surface area (Å²) >= 11 is 6.10. The van der Waals surface area contributed by atoms with Crippen LogP contribution in [0.5, 0.6) is 0 Å². The zero-order valence-corrected chi connectivity index (χ0v) is 12.1. The fraction of sp³-hybridized carbons (Fsp3) is 0. The Balaban J connectivity index is 2.37. The van der Waals surface area contributed by atoms with Crippen LogP contribution in [0.25, 0.3) is 21.9 Å². The summed E-state index contributed by atoms with van der Waals surface area (Å²) in [6.45, 7) is 0.